The van der Waals surface area contributed by atoms with Gasteiger partial charge in [0.25, 0.3) is 0 Å². The Hall–Kier alpha value is -2.69. The van der Waals surface area contributed by atoms with Gasteiger partial charge in [0.05, 0.1) is 17.5 Å². The fourth-order valence-electron chi connectivity index (χ4n) is 3.50. The zero-order valence-corrected chi connectivity index (χ0v) is 15.9. The van der Waals surface area contributed by atoms with Crippen LogP contribution < -0.4 is 0 Å². The SMILES string of the molecule is CC(C)(C)c1coc2cc(CC(C)(C)c3n[nH]c4cccnc34)cnc12. The monoisotopic (exact) mass is 348 g/mol. The van der Waals surface area contributed by atoms with Crippen molar-refractivity contribution in [1.29, 1.82) is 0 Å². The zero-order valence-electron chi connectivity index (χ0n) is 15.9. The van der Waals surface area contributed by atoms with E-state index in [1.807, 2.05) is 30.8 Å². The van der Waals surface area contributed by atoms with Gasteiger partial charge in [-0.25, -0.2) is 0 Å². The predicted octanol–water partition coefficient (Wildman–Crippen LogP) is 4.92. The molecular formula is C21H24N4O. The minimum absolute atomic E-state index is 0.0126. The first kappa shape index (κ1) is 16.8. The summed E-state index contributed by atoms with van der Waals surface area (Å²) in [6.07, 6.45) is 6.40. The second-order valence-electron chi connectivity index (χ2n) is 8.62. The lowest BCUT2D eigenvalue weighted by Crippen LogP contribution is -2.22. The van der Waals surface area contributed by atoms with Gasteiger partial charge in [0, 0.05) is 23.4 Å². The molecule has 0 saturated carbocycles. The van der Waals surface area contributed by atoms with Crippen molar-refractivity contribution in [2.24, 2.45) is 0 Å². The van der Waals surface area contributed by atoms with E-state index < -0.39 is 0 Å². The Labute approximate surface area is 152 Å². The molecular weight excluding hydrogens is 324 g/mol. The van der Waals surface area contributed by atoms with Crippen LogP contribution >= 0.6 is 0 Å². The quantitative estimate of drug-likeness (QED) is 0.571. The maximum absolute atomic E-state index is 5.80. The number of nitrogens with zero attached hydrogens (tertiary/aromatic N) is 3. The molecule has 0 aromatic carbocycles. The maximum atomic E-state index is 5.80. The molecule has 0 spiro atoms. The molecule has 0 aliphatic heterocycles. The number of fused-ring (bicyclic) bond motifs is 2. The highest BCUT2D eigenvalue weighted by Gasteiger charge is 2.28. The van der Waals surface area contributed by atoms with Crippen molar-refractivity contribution in [1.82, 2.24) is 20.2 Å². The van der Waals surface area contributed by atoms with Gasteiger partial charge in [-0.3, -0.25) is 15.1 Å². The van der Waals surface area contributed by atoms with E-state index in [1.54, 1.807) is 0 Å². The average molecular weight is 348 g/mol. The zero-order chi connectivity index (χ0) is 18.5. The van der Waals surface area contributed by atoms with Crippen molar-refractivity contribution >= 4 is 22.1 Å². The second-order valence-corrected chi connectivity index (χ2v) is 8.62. The van der Waals surface area contributed by atoms with Crippen LogP contribution in [0, 0.1) is 0 Å². The molecule has 5 nitrogen and oxygen atoms in total. The van der Waals surface area contributed by atoms with Gasteiger partial charge in [-0.05, 0) is 35.6 Å². The molecule has 134 valence electrons. The molecule has 5 heteroatoms. The molecule has 26 heavy (non-hydrogen) atoms. The van der Waals surface area contributed by atoms with Crippen molar-refractivity contribution in [3.63, 3.8) is 0 Å². The van der Waals surface area contributed by atoms with Crippen molar-refractivity contribution < 1.29 is 4.42 Å². The molecule has 0 aliphatic carbocycles. The lowest BCUT2D eigenvalue weighted by molar-refractivity contribution is 0.506. The van der Waals surface area contributed by atoms with Gasteiger partial charge in [-0.1, -0.05) is 34.6 Å². The molecule has 0 bridgehead atoms. The smallest absolute Gasteiger partial charge is 0.152 e. The van der Waals surface area contributed by atoms with Crippen LogP contribution in [0.4, 0.5) is 0 Å². The van der Waals surface area contributed by atoms with Gasteiger partial charge in [-0.2, -0.15) is 5.10 Å². The van der Waals surface area contributed by atoms with Crippen LogP contribution in [-0.2, 0) is 17.3 Å². The fourth-order valence-corrected chi connectivity index (χ4v) is 3.50. The molecule has 0 atom stereocenters. The first-order chi connectivity index (χ1) is 12.3. The molecule has 0 amide bonds. The van der Waals surface area contributed by atoms with Gasteiger partial charge < -0.3 is 4.42 Å². The van der Waals surface area contributed by atoms with E-state index in [9.17, 15) is 0 Å². The molecule has 0 saturated heterocycles. The van der Waals surface area contributed by atoms with E-state index in [0.717, 1.165) is 45.4 Å². The fraction of sp³-hybridized carbons (Fsp3) is 0.381. The number of hydrogen-bond acceptors (Lipinski definition) is 4. The molecule has 0 fully saturated rings. The Morgan fingerprint density at radius 1 is 1.08 bits per heavy atom. The third-order valence-corrected chi connectivity index (χ3v) is 4.88. The maximum Gasteiger partial charge on any atom is 0.152 e. The molecule has 0 unspecified atom stereocenters. The number of H-pyrrole nitrogens is 1. The summed E-state index contributed by atoms with van der Waals surface area (Å²) < 4.78 is 5.80. The van der Waals surface area contributed by atoms with Crippen molar-refractivity contribution in [2.75, 3.05) is 0 Å². The van der Waals surface area contributed by atoms with Crippen molar-refractivity contribution in [2.45, 2.75) is 51.9 Å². The van der Waals surface area contributed by atoms with Crippen molar-refractivity contribution in [3.05, 3.63) is 53.7 Å². The third kappa shape index (κ3) is 2.77. The van der Waals surface area contributed by atoms with Gasteiger partial charge >= 0.3 is 0 Å². The normalized spacial score (nSPS) is 13.0. The third-order valence-electron chi connectivity index (χ3n) is 4.88. The minimum atomic E-state index is -0.179. The number of aromatic nitrogens is 4. The summed E-state index contributed by atoms with van der Waals surface area (Å²) in [6, 6.07) is 6.01. The summed E-state index contributed by atoms with van der Waals surface area (Å²) in [5.41, 5.74) is 6.76. The van der Waals surface area contributed by atoms with Crippen molar-refractivity contribution in [3.8, 4) is 0 Å². The Morgan fingerprint density at radius 2 is 1.88 bits per heavy atom. The Kier molecular flexibility index (Phi) is 3.65. The molecule has 0 aliphatic rings. The number of furan rings is 1. The predicted molar refractivity (Wildman–Crippen MR) is 103 cm³/mol. The summed E-state index contributed by atoms with van der Waals surface area (Å²) >= 11 is 0. The summed E-state index contributed by atoms with van der Waals surface area (Å²) in [5.74, 6) is 0. The van der Waals surface area contributed by atoms with E-state index in [4.69, 9.17) is 9.40 Å². The minimum Gasteiger partial charge on any atom is -0.462 e. The van der Waals surface area contributed by atoms with Crippen LogP contribution in [0.2, 0.25) is 0 Å². The molecule has 4 heterocycles. The number of pyridine rings is 2. The molecule has 0 radical (unpaired) electrons. The first-order valence-electron chi connectivity index (χ1n) is 8.92. The second kappa shape index (κ2) is 5.66. The van der Waals surface area contributed by atoms with Gasteiger partial charge in [0.15, 0.2) is 5.58 Å². The average Bonchev–Trinajstić information content (AvgIpc) is 3.18. The van der Waals surface area contributed by atoms with Crippen LogP contribution in [0.3, 0.4) is 0 Å². The first-order valence-corrected chi connectivity index (χ1v) is 8.92. The Bertz CT molecular complexity index is 1080. The van der Waals surface area contributed by atoms with Crippen LogP contribution in [0.5, 0.6) is 0 Å². The topological polar surface area (TPSA) is 67.6 Å². The number of nitrogens with one attached hydrogen (secondary N) is 1. The Balaban J connectivity index is 1.70. The van der Waals surface area contributed by atoms with Crippen LogP contribution in [0.25, 0.3) is 22.1 Å². The van der Waals surface area contributed by atoms with E-state index in [0.29, 0.717) is 0 Å². The Morgan fingerprint density at radius 3 is 2.65 bits per heavy atom. The number of hydrogen-bond donors (Lipinski definition) is 1. The van der Waals surface area contributed by atoms with E-state index in [1.165, 1.54) is 0 Å². The van der Waals surface area contributed by atoms with E-state index in [2.05, 4.69) is 55.9 Å². The standard InChI is InChI=1S/C21H24N4O/c1-20(2,3)14-12-26-16-9-13(11-23-17(14)16)10-21(4,5)19-18-15(24-25-19)7-6-8-22-18/h6-9,11-12H,10H2,1-5H3,(H,24,25). The lowest BCUT2D eigenvalue weighted by atomic mass is 9.82. The number of rotatable bonds is 3. The molecule has 4 aromatic rings. The highest BCUT2D eigenvalue weighted by atomic mass is 16.3. The highest BCUT2D eigenvalue weighted by Crippen LogP contribution is 2.33. The molecule has 4 aromatic heterocycles. The van der Waals surface area contributed by atoms with E-state index in [-0.39, 0.29) is 10.8 Å². The summed E-state index contributed by atoms with van der Waals surface area (Å²) in [7, 11) is 0. The van der Waals surface area contributed by atoms with E-state index >= 15 is 0 Å². The van der Waals surface area contributed by atoms with Gasteiger partial charge in [-0.15, -0.1) is 0 Å². The largest absolute Gasteiger partial charge is 0.462 e. The lowest BCUT2D eigenvalue weighted by Gasteiger charge is -2.22. The van der Waals surface area contributed by atoms with Crippen LogP contribution in [-0.4, -0.2) is 20.2 Å². The summed E-state index contributed by atoms with van der Waals surface area (Å²) in [5, 5.41) is 7.61. The molecule has 1 N–H and O–H groups in total. The van der Waals surface area contributed by atoms with Gasteiger partial charge in [0.1, 0.15) is 11.0 Å². The summed E-state index contributed by atoms with van der Waals surface area (Å²) in [6.45, 7) is 10.9. The molecule has 4 rings (SSSR count). The summed E-state index contributed by atoms with van der Waals surface area (Å²) in [4.78, 5) is 9.20. The van der Waals surface area contributed by atoms with Crippen LogP contribution in [0.15, 0.2) is 41.3 Å². The highest BCUT2D eigenvalue weighted by molar-refractivity contribution is 5.79. The van der Waals surface area contributed by atoms with Crippen LogP contribution in [0.1, 0.15) is 51.4 Å². The van der Waals surface area contributed by atoms with Gasteiger partial charge in [0.2, 0.25) is 0 Å². The number of aromatic amines is 1.